The predicted octanol–water partition coefficient (Wildman–Crippen LogP) is 5.83. The number of nitrogens with one attached hydrogen (secondary N) is 2. The third-order valence-corrected chi connectivity index (χ3v) is 7.35. The van der Waals surface area contributed by atoms with Gasteiger partial charge in [0, 0.05) is 35.5 Å². The number of urea groups is 1. The normalized spacial score (nSPS) is 16.1. The second-order valence-electron chi connectivity index (χ2n) is 9.49. The number of amides is 2. The van der Waals surface area contributed by atoms with Crippen molar-refractivity contribution in [2.75, 3.05) is 45.6 Å². The van der Waals surface area contributed by atoms with E-state index in [-0.39, 0.29) is 23.2 Å². The Bertz CT molecular complexity index is 1440. The Balaban J connectivity index is 1.60. The van der Waals surface area contributed by atoms with E-state index in [1.165, 1.54) is 32.4 Å². The van der Waals surface area contributed by atoms with Gasteiger partial charge in [-0.05, 0) is 66.9 Å². The number of nitrogens with zero attached hydrogens (tertiary/aromatic N) is 1. The van der Waals surface area contributed by atoms with Gasteiger partial charge in [-0.1, -0.05) is 0 Å². The summed E-state index contributed by atoms with van der Waals surface area (Å²) in [6, 6.07) is 6.94. The molecule has 1 aliphatic heterocycles. The third kappa shape index (κ3) is 4.56. The molecule has 0 saturated heterocycles. The maximum absolute atomic E-state index is 13.0. The van der Waals surface area contributed by atoms with Gasteiger partial charge >= 0.3 is 12.2 Å². The molecule has 0 radical (unpaired) electrons. The van der Waals surface area contributed by atoms with Gasteiger partial charge in [-0.3, -0.25) is 4.90 Å². The number of methoxy groups -OCH3 is 3. The van der Waals surface area contributed by atoms with Gasteiger partial charge in [0.05, 0.1) is 32.6 Å². The van der Waals surface area contributed by atoms with Crippen molar-refractivity contribution < 1.29 is 37.3 Å². The Morgan fingerprint density at radius 1 is 1.00 bits per heavy atom. The monoisotopic (exact) mass is 543 g/mol. The average Bonchev–Trinajstić information content (AvgIpc) is 2.91. The number of aromatic hydroxyl groups is 1. The van der Waals surface area contributed by atoms with E-state index in [2.05, 4.69) is 15.5 Å². The first-order valence-corrected chi connectivity index (χ1v) is 12.2. The number of benzene rings is 3. The summed E-state index contributed by atoms with van der Waals surface area (Å²) < 4.78 is 55.6. The van der Waals surface area contributed by atoms with Gasteiger partial charge in [0.15, 0.2) is 23.0 Å². The topological polar surface area (TPSA) is 92.3 Å². The molecule has 0 fully saturated rings. The maximum Gasteiger partial charge on any atom is 0.416 e. The van der Waals surface area contributed by atoms with Crippen LogP contribution in [0.2, 0.25) is 0 Å². The fourth-order valence-electron chi connectivity index (χ4n) is 5.48. The van der Waals surface area contributed by atoms with Gasteiger partial charge in [-0.2, -0.15) is 13.2 Å². The summed E-state index contributed by atoms with van der Waals surface area (Å²) >= 11 is 0. The molecule has 5 rings (SSSR count). The molecule has 0 aromatic heterocycles. The van der Waals surface area contributed by atoms with Crippen LogP contribution in [0.25, 0.3) is 11.1 Å². The quantitative estimate of drug-likeness (QED) is 0.351. The standard InChI is InChI=1S/C28H28F3N3O5/c1-34-10-9-14-11-21(38-3)26(39-4)24-22(14)19(34)12-17-18(13-20(37-2)25(35)23(17)24)33-27(36)32-16-7-5-15(6-8-16)28(29,30)31/h5-8,11,13,19,35H,9-10,12H2,1-4H3,(H2,32,33,36)/t19-/m0/s1. The lowest BCUT2D eigenvalue weighted by molar-refractivity contribution is -0.137. The molecular weight excluding hydrogens is 515 g/mol. The van der Waals surface area contributed by atoms with E-state index in [0.717, 1.165) is 36.2 Å². The van der Waals surface area contributed by atoms with Crippen LogP contribution in [0.15, 0.2) is 36.4 Å². The predicted molar refractivity (Wildman–Crippen MR) is 140 cm³/mol. The van der Waals surface area contributed by atoms with Crippen LogP contribution in [0.3, 0.4) is 0 Å². The second-order valence-corrected chi connectivity index (χ2v) is 9.49. The smallest absolute Gasteiger partial charge is 0.416 e. The number of halogens is 3. The number of alkyl halides is 3. The van der Waals surface area contributed by atoms with Crippen molar-refractivity contribution >= 4 is 17.4 Å². The first-order valence-electron chi connectivity index (χ1n) is 12.2. The molecular formula is C28H28F3N3O5. The number of anilines is 2. The summed E-state index contributed by atoms with van der Waals surface area (Å²) in [4.78, 5) is 15.2. The summed E-state index contributed by atoms with van der Waals surface area (Å²) in [5.41, 5.74) is 3.69. The maximum atomic E-state index is 13.0. The number of carbonyl (C=O) groups is 1. The molecule has 206 valence electrons. The Labute approximate surface area is 223 Å². The van der Waals surface area contributed by atoms with Crippen LogP contribution < -0.4 is 24.8 Å². The van der Waals surface area contributed by atoms with Crippen LogP contribution in [0.1, 0.15) is 28.3 Å². The van der Waals surface area contributed by atoms with E-state index in [4.69, 9.17) is 14.2 Å². The van der Waals surface area contributed by atoms with Gasteiger partial charge in [-0.15, -0.1) is 0 Å². The Morgan fingerprint density at radius 2 is 1.69 bits per heavy atom. The summed E-state index contributed by atoms with van der Waals surface area (Å²) in [5, 5.41) is 16.7. The summed E-state index contributed by atoms with van der Waals surface area (Å²) in [5.74, 6) is 1.03. The van der Waals surface area contributed by atoms with E-state index in [1.54, 1.807) is 7.11 Å². The van der Waals surface area contributed by atoms with Gasteiger partial charge in [0.1, 0.15) is 0 Å². The van der Waals surface area contributed by atoms with E-state index >= 15 is 0 Å². The second kappa shape index (κ2) is 9.88. The third-order valence-electron chi connectivity index (χ3n) is 7.35. The number of fused-ring (bicyclic) bond motifs is 2. The van der Waals surface area contributed by atoms with Crippen LogP contribution in [-0.2, 0) is 19.0 Å². The minimum absolute atomic E-state index is 0.0534. The van der Waals surface area contributed by atoms with Crippen molar-refractivity contribution in [3.05, 3.63) is 58.7 Å². The van der Waals surface area contributed by atoms with Gasteiger partial charge in [0.25, 0.3) is 0 Å². The molecule has 3 aromatic rings. The highest BCUT2D eigenvalue weighted by Crippen LogP contribution is 2.57. The van der Waals surface area contributed by atoms with E-state index in [0.29, 0.717) is 40.3 Å². The van der Waals surface area contributed by atoms with Gasteiger partial charge in [-0.25, -0.2) is 4.79 Å². The van der Waals surface area contributed by atoms with Crippen molar-refractivity contribution in [1.29, 1.82) is 0 Å². The van der Waals surface area contributed by atoms with Crippen molar-refractivity contribution in [3.8, 4) is 34.1 Å². The molecule has 3 aromatic carbocycles. The van der Waals surface area contributed by atoms with Crippen LogP contribution in [0.5, 0.6) is 23.0 Å². The molecule has 3 N–H and O–H groups in total. The molecule has 39 heavy (non-hydrogen) atoms. The molecule has 0 bridgehead atoms. The molecule has 1 heterocycles. The Morgan fingerprint density at radius 3 is 2.31 bits per heavy atom. The molecule has 2 aliphatic rings. The lowest BCUT2D eigenvalue weighted by Gasteiger charge is -2.41. The highest BCUT2D eigenvalue weighted by atomic mass is 19.4. The van der Waals surface area contributed by atoms with E-state index in [9.17, 15) is 23.1 Å². The first-order chi connectivity index (χ1) is 18.6. The number of phenols is 1. The van der Waals surface area contributed by atoms with E-state index in [1.807, 2.05) is 13.1 Å². The number of phenolic OH excluding ortho intramolecular Hbond substituents is 1. The SMILES string of the molecule is COc1cc(NC(=O)Nc2ccc(C(F)(F)F)cc2)c2c(c1O)-c1c(OC)c(OC)cc3c1[C@H](C2)N(C)CC3. The molecule has 2 amide bonds. The summed E-state index contributed by atoms with van der Waals surface area (Å²) in [7, 11) is 6.51. The Kier molecular flexibility index (Phi) is 6.71. The van der Waals surface area contributed by atoms with Crippen LogP contribution >= 0.6 is 0 Å². The summed E-state index contributed by atoms with van der Waals surface area (Å²) in [6.45, 7) is 0.807. The van der Waals surface area contributed by atoms with Gasteiger partial charge < -0.3 is 30.0 Å². The molecule has 0 unspecified atom stereocenters. The largest absolute Gasteiger partial charge is 0.504 e. The number of ether oxygens (including phenoxy) is 3. The number of rotatable bonds is 5. The molecule has 8 nitrogen and oxygen atoms in total. The van der Waals surface area contributed by atoms with Crippen molar-refractivity contribution in [3.63, 3.8) is 0 Å². The van der Waals surface area contributed by atoms with Crippen LogP contribution in [-0.4, -0.2) is 51.0 Å². The fourth-order valence-corrected chi connectivity index (χ4v) is 5.48. The van der Waals surface area contributed by atoms with Crippen molar-refractivity contribution in [2.45, 2.75) is 25.1 Å². The number of hydrogen-bond acceptors (Lipinski definition) is 6. The number of likely N-dealkylation sites (N-methyl/N-ethyl adjacent to an activating group) is 1. The zero-order valence-corrected chi connectivity index (χ0v) is 21.8. The number of hydrogen-bond donors (Lipinski definition) is 3. The van der Waals surface area contributed by atoms with E-state index < -0.39 is 17.8 Å². The lowest BCUT2D eigenvalue weighted by atomic mass is 9.75. The van der Waals surface area contributed by atoms with Crippen molar-refractivity contribution in [2.24, 2.45) is 0 Å². The molecule has 1 aliphatic carbocycles. The Hall–Kier alpha value is -4.12. The zero-order valence-electron chi connectivity index (χ0n) is 21.8. The highest BCUT2D eigenvalue weighted by Gasteiger charge is 2.39. The molecule has 0 saturated carbocycles. The minimum Gasteiger partial charge on any atom is -0.504 e. The molecule has 0 spiro atoms. The van der Waals surface area contributed by atoms with Crippen molar-refractivity contribution in [1.82, 2.24) is 4.90 Å². The lowest BCUT2D eigenvalue weighted by Crippen LogP contribution is -2.36. The molecule has 1 atom stereocenters. The van der Waals surface area contributed by atoms with Crippen LogP contribution in [0, 0.1) is 0 Å². The zero-order chi connectivity index (χ0) is 28.1. The van der Waals surface area contributed by atoms with Crippen LogP contribution in [0.4, 0.5) is 29.3 Å². The minimum atomic E-state index is -4.48. The highest BCUT2D eigenvalue weighted by molar-refractivity contribution is 6.02. The molecule has 11 heteroatoms. The first kappa shape index (κ1) is 26.5. The summed E-state index contributed by atoms with van der Waals surface area (Å²) in [6.07, 6.45) is -3.21. The number of carbonyl (C=O) groups excluding carboxylic acids is 1. The average molecular weight is 544 g/mol. The fraction of sp³-hybridized carbons (Fsp3) is 0.321. The van der Waals surface area contributed by atoms with Gasteiger partial charge in [0.2, 0.25) is 0 Å².